The van der Waals surface area contributed by atoms with Gasteiger partial charge in [0.25, 0.3) is 5.56 Å². The lowest BCUT2D eigenvalue weighted by molar-refractivity contribution is 0.0694. The molecule has 2 aromatic carbocycles. The summed E-state index contributed by atoms with van der Waals surface area (Å²) in [5, 5.41) is 14.5. The van der Waals surface area contributed by atoms with Crippen LogP contribution in [-0.2, 0) is 0 Å². The van der Waals surface area contributed by atoms with E-state index in [1.54, 1.807) is 53.9 Å². The molecule has 0 radical (unpaired) electrons. The van der Waals surface area contributed by atoms with Crippen molar-refractivity contribution in [1.29, 1.82) is 0 Å². The Balaban J connectivity index is 1.72. The van der Waals surface area contributed by atoms with Crippen LogP contribution in [0.2, 0.25) is 0 Å². The molecule has 34 heavy (non-hydrogen) atoms. The molecule has 4 rings (SSSR count). The van der Waals surface area contributed by atoms with Crippen LogP contribution in [0.15, 0.2) is 64.8 Å². The molecule has 0 aliphatic heterocycles. The number of esters is 1. The highest BCUT2D eigenvalue weighted by molar-refractivity contribution is 7.12. The predicted molar refractivity (Wildman–Crippen MR) is 129 cm³/mol. The van der Waals surface area contributed by atoms with Gasteiger partial charge in [0, 0.05) is 0 Å². The molecular weight excluding hydrogens is 456 g/mol. The summed E-state index contributed by atoms with van der Waals surface area (Å²) in [5.74, 6) is -0.947. The zero-order valence-corrected chi connectivity index (χ0v) is 18.9. The van der Waals surface area contributed by atoms with E-state index in [4.69, 9.17) is 9.47 Å². The third-order valence-electron chi connectivity index (χ3n) is 4.86. The van der Waals surface area contributed by atoms with E-state index in [9.17, 15) is 19.5 Å². The van der Waals surface area contributed by atoms with Crippen LogP contribution in [0.5, 0.6) is 11.5 Å². The lowest BCUT2D eigenvalue weighted by atomic mass is 10.1. The molecule has 0 aliphatic carbocycles. The van der Waals surface area contributed by atoms with Crippen molar-refractivity contribution in [3.05, 3.63) is 96.9 Å². The Kier molecular flexibility index (Phi) is 6.46. The third-order valence-corrected chi connectivity index (χ3v) is 5.71. The summed E-state index contributed by atoms with van der Waals surface area (Å²) in [6, 6.07) is 14.4. The molecule has 0 saturated heterocycles. The fraction of sp³-hybridized carbons (Fsp3) is 0.0800. The average Bonchev–Trinajstić information content (AvgIpc) is 3.46. The number of aromatic amines is 1. The summed E-state index contributed by atoms with van der Waals surface area (Å²) in [4.78, 5) is 37.1. The molecule has 0 aliphatic rings. The van der Waals surface area contributed by atoms with Gasteiger partial charge in [-0.15, -0.1) is 11.3 Å². The SMILES string of the molecule is C=c1[nH]n(-c2cccc(C(=O)O)c2)c(=O)/c1=C\c1ccc(OC(=O)c2cccs2)c(OCC)c1. The molecule has 0 fully saturated rings. The molecule has 0 saturated carbocycles. The van der Waals surface area contributed by atoms with Crippen molar-refractivity contribution in [2.24, 2.45) is 0 Å². The molecule has 0 bridgehead atoms. The van der Waals surface area contributed by atoms with Crippen molar-refractivity contribution in [3.8, 4) is 17.2 Å². The number of rotatable bonds is 7. The van der Waals surface area contributed by atoms with Gasteiger partial charge in [0.2, 0.25) is 0 Å². The number of hydrogen-bond donors (Lipinski definition) is 2. The van der Waals surface area contributed by atoms with Crippen molar-refractivity contribution >= 4 is 35.9 Å². The number of carbonyl (C=O) groups excluding carboxylic acids is 1. The maximum Gasteiger partial charge on any atom is 0.353 e. The summed E-state index contributed by atoms with van der Waals surface area (Å²) in [6.07, 6.45) is 1.63. The van der Waals surface area contributed by atoms with Gasteiger partial charge in [-0.25, -0.2) is 14.3 Å². The number of nitrogens with zero attached hydrogens (tertiary/aromatic N) is 1. The molecule has 0 amide bonds. The number of aromatic carboxylic acids is 1. The number of carbonyl (C=O) groups is 2. The van der Waals surface area contributed by atoms with E-state index in [0.29, 0.717) is 39.1 Å². The third kappa shape index (κ3) is 4.69. The van der Waals surface area contributed by atoms with Crippen LogP contribution in [0.1, 0.15) is 32.5 Å². The van der Waals surface area contributed by atoms with Gasteiger partial charge >= 0.3 is 11.9 Å². The topological polar surface area (TPSA) is 111 Å². The average molecular weight is 477 g/mol. The van der Waals surface area contributed by atoms with Crippen LogP contribution in [0, 0.1) is 0 Å². The van der Waals surface area contributed by atoms with Gasteiger partial charge < -0.3 is 14.6 Å². The quantitative estimate of drug-likeness (QED) is 0.314. The van der Waals surface area contributed by atoms with Crippen molar-refractivity contribution in [2.45, 2.75) is 6.92 Å². The number of benzene rings is 2. The Bertz CT molecular complexity index is 1530. The minimum absolute atomic E-state index is 0.0594. The van der Waals surface area contributed by atoms with Crippen LogP contribution >= 0.6 is 11.3 Å². The summed E-state index contributed by atoms with van der Waals surface area (Å²) in [6.45, 7) is 6.06. The molecule has 0 spiro atoms. The fourth-order valence-electron chi connectivity index (χ4n) is 3.28. The van der Waals surface area contributed by atoms with Gasteiger partial charge in [-0.05, 0) is 60.3 Å². The van der Waals surface area contributed by atoms with Crippen LogP contribution in [0.4, 0.5) is 0 Å². The first-order valence-corrected chi connectivity index (χ1v) is 11.1. The van der Waals surface area contributed by atoms with Crippen LogP contribution in [0.3, 0.4) is 0 Å². The van der Waals surface area contributed by atoms with Gasteiger partial charge in [0.05, 0.1) is 28.4 Å². The lowest BCUT2D eigenvalue weighted by Crippen LogP contribution is -2.34. The van der Waals surface area contributed by atoms with E-state index >= 15 is 0 Å². The van der Waals surface area contributed by atoms with E-state index in [0.717, 1.165) is 0 Å². The molecule has 2 N–H and O–H groups in total. The van der Waals surface area contributed by atoms with Crippen molar-refractivity contribution in [3.63, 3.8) is 0 Å². The smallest absolute Gasteiger partial charge is 0.353 e. The van der Waals surface area contributed by atoms with E-state index in [2.05, 4.69) is 11.7 Å². The van der Waals surface area contributed by atoms with Gasteiger partial charge in [0.1, 0.15) is 4.88 Å². The summed E-state index contributed by atoms with van der Waals surface area (Å²) in [5.41, 5.74) is 0.676. The molecule has 2 heterocycles. The largest absolute Gasteiger partial charge is 0.490 e. The number of ether oxygens (including phenoxy) is 2. The Morgan fingerprint density at radius 3 is 2.68 bits per heavy atom. The molecule has 8 nitrogen and oxygen atoms in total. The molecular formula is C25H20N2O6S. The number of carboxylic acids is 1. The normalized spacial score (nSPS) is 11.4. The molecule has 0 unspecified atom stereocenters. The van der Waals surface area contributed by atoms with E-state index < -0.39 is 17.5 Å². The Labute approximate surface area is 197 Å². The first-order chi connectivity index (χ1) is 16.4. The van der Waals surface area contributed by atoms with Crippen LogP contribution in [-0.4, -0.2) is 33.4 Å². The second-order valence-corrected chi connectivity index (χ2v) is 8.10. The van der Waals surface area contributed by atoms with E-state index in [1.165, 1.54) is 28.2 Å². The van der Waals surface area contributed by atoms with E-state index in [-0.39, 0.29) is 11.3 Å². The highest BCUT2D eigenvalue weighted by Gasteiger charge is 2.14. The standard InChI is InChI=1S/C25H20N2O6S/c1-3-32-21-13-16(9-10-20(21)33-25(31)22-8-5-11-34-22)12-19-15(2)26-27(23(19)28)18-7-4-6-17(14-18)24(29)30/h4-14,26H,2-3H2,1H3,(H,29,30)/b19-12-. The number of carboxylic acid groups (broad SMARTS) is 1. The fourth-order valence-corrected chi connectivity index (χ4v) is 3.88. The highest BCUT2D eigenvalue weighted by Crippen LogP contribution is 2.30. The van der Waals surface area contributed by atoms with Crippen molar-refractivity contribution in [1.82, 2.24) is 9.78 Å². The second kappa shape index (κ2) is 9.63. The van der Waals surface area contributed by atoms with Crippen molar-refractivity contribution < 1.29 is 24.2 Å². The van der Waals surface area contributed by atoms with Gasteiger partial charge in [-0.2, -0.15) is 0 Å². The molecule has 9 heteroatoms. The minimum atomic E-state index is -1.09. The number of aromatic nitrogens is 2. The van der Waals surface area contributed by atoms with Gasteiger partial charge in [0.15, 0.2) is 11.5 Å². The number of nitrogens with one attached hydrogen (secondary N) is 1. The number of thiophene rings is 1. The first-order valence-electron chi connectivity index (χ1n) is 10.3. The molecule has 0 atom stereocenters. The Hall–Kier alpha value is -4.37. The summed E-state index contributed by atoms with van der Waals surface area (Å²) >= 11 is 1.28. The van der Waals surface area contributed by atoms with Crippen LogP contribution in [0.25, 0.3) is 18.3 Å². The van der Waals surface area contributed by atoms with Gasteiger partial charge in [-0.3, -0.25) is 9.89 Å². The van der Waals surface area contributed by atoms with E-state index in [1.807, 2.05) is 6.92 Å². The zero-order valence-electron chi connectivity index (χ0n) is 18.1. The summed E-state index contributed by atoms with van der Waals surface area (Å²) in [7, 11) is 0. The molecule has 4 aromatic rings. The molecule has 172 valence electrons. The lowest BCUT2D eigenvalue weighted by Gasteiger charge is -2.10. The first kappa shape index (κ1) is 22.8. The number of H-pyrrole nitrogens is 1. The minimum Gasteiger partial charge on any atom is -0.490 e. The second-order valence-electron chi connectivity index (χ2n) is 7.15. The predicted octanol–water partition coefficient (Wildman–Crippen LogP) is 2.78. The monoisotopic (exact) mass is 476 g/mol. The maximum atomic E-state index is 13.0. The Morgan fingerprint density at radius 1 is 1.15 bits per heavy atom. The molecule has 2 aromatic heterocycles. The zero-order chi connectivity index (χ0) is 24.2. The maximum absolute atomic E-state index is 13.0. The Morgan fingerprint density at radius 2 is 1.97 bits per heavy atom. The highest BCUT2D eigenvalue weighted by atomic mass is 32.1. The van der Waals surface area contributed by atoms with Crippen molar-refractivity contribution in [2.75, 3.05) is 6.61 Å². The van der Waals surface area contributed by atoms with Gasteiger partial charge in [-0.1, -0.05) is 24.8 Å². The summed E-state index contributed by atoms with van der Waals surface area (Å²) < 4.78 is 12.4. The van der Waals surface area contributed by atoms with Crippen LogP contribution < -0.4 is 25.6 Å². The number of hydrogen-bond acceptors (Lipinski definition) is 6.